The minimum atomic E-state index is -0.613. The second-order valence-corrected chi connectivity index (χ2v) is 5.92. The smallest absolute Gasteiger partial charge is 0.268 e. The number of ether oxygens (including phenoxy) is 1. The maximum Gasteiger partial charge on any atom is 0.268 e. The van der Waals surface area contributed by atoms with Gasteiger partial charge in [-0.1, -0.05) is 31.2 Å². The van der Waals surface area contributed by atoms with Gasteiger partial charge in [0.15, 0.2) is 6.10 Å². The van der Waals surface area contributed by atoms with Crippen molar-refractivity contribution in [3.8, 4) is 5.75 Å². The Kier molecular flexibility index (Phi) is 4.71. The number of nitrogens with zero attached hydrogens (tertiary/aromatic N) is 1. The summed E-state index contributed by atoms with van der Waals surface area (Å²) in [5, 5.41) is 9.29. The van der Waals surface area contributed by atoms with Crippen molar-refractivity contribution in [3.05, 3.63) is 53.6 Å². The first-order valence-electron chi connectivity index (χ1n) is 8.18. The minimum absolute atomic E-state index is 0.104. The molecule has 0 aliphatic carbocycles. The molecule has 1 aliphatic heterocycles. The number of carbonyl (C=O) groups excluding carboxylic acids is 1. The van der Waals surface area contributed by atoms with E-state index in [0.29, 0.717) is 23.5 Å². The van der Waals surface area contributed by atoms with Crippen LogP contribution in [-0.4, -0.2) is 30.3 Å². The number of aryl methyl sites for hydroxylation is 1. The number of fused-ring (bicyclic) bond motifs is 1. The highest BCUT2D eigenvalue weighted by atomic mass is 16.5. The van der Waals surface area contributed by atoms with Gasteiger partial charge in [0.05, 0.1) is 12.3 Å². The lowest BCUT2D eigenvalue weighted by Gasteiger charge is -2.34. The van der Waals surface area contributed by atoms with E-state index in [4.69, 9.17) is 10.5 Å². The van der Waals surface area contributed by atoms with Gasteiger partial charge in [0.25, 0.3) is 5.91 Å². The molecule has 0 saturated carbocycles. The summed E-state index contributed by atoms with van der Waals surface area (Å²) in [7, 11) is 0. The van der Waals surface area contributed by atoms with Crippen LogP contribution in [0.1, 0.15) is 18.1 Å². The quantitative estimate of drug-likeness (QED) is 0.826. The summed E-state index contributed by atoms with van der Waals surface area (Å²) >= 11 is 0. The molecule has 0 fully saturated rings. The molecule has 1 aliphatic rings. The van der Waals surface area contributed by atoms with E-state index in [9.17, 15) is 9.90 Å². The molecule has 0 bridgehead atoms. The van der Waals surface area contributed by atoms with Gasteiger partial charge in [-0.15, -0.1) is 0 Å². The zero-order chi connectivity index (χ0) is 17.1. The van der Waals surface area contributed by atoms with Crippen LogP contribution in [0.3, 0.4) is 0 Å². The summed E-state index contributed by atoms with van der Waals surface area (Å²) in [4.78, 5) is 14.3. The fourth-order valence-electron chi connectivity index (χ4n) is 2.93. The Morgan fingerprint density at radius 1 is 1.17 bits per heavy atom. The van der Waals surface area contributed by atoms with Crippen LogP contribution in [0.15, 0.2) is 42.5 Å². The van der Waals surface area contributed by atoms with Crippen molar-refractivity contribution in [3.63, 3.8) is 0 Å². The highest BCUT2D eigenvalue weighted by Crippen LogP contribution is 2.36. The number of nitrogens with two attached hydrogens (primary N) is 1. The third-order valence-corrected chi connectivity index (χ3v) is 4.26. The topological polar surface area (TPSA) is 75.8 Å². The van der Waals surface area contributed by atoms with Crippen molar-refractivity contribution in [2.24, 2.45) is 0 Å². The summed E-state index contributed by atoms with van der Waals surface area (Å²) in [6.45, 7) is 2.24. The van der Waals surface area contributed by atoms with Crippen molar-refractivity contribution in [1.29, 1.82) is 0 Å². The minimum Gasteiger partial charge on any atom is -0.478 e. The molecule has 24 heavy (non-hydrogen) atoms. The van der Waals surface area contributed by atoms with Gasteiger partial charge in [0, 0.05) is 24.7 Å². The average Bonchev–Trinajstić information content (AvgIpc) is 2.59. The standard InChI is InChI=1S/C19H22N2O3/c1-2-13-3-5-14(6-4-13)11-18-19(23)21(9-10-22)16-8-7-15(20)12-17(16)24-18/h3-8,12,18,22H,2,9-11,20H2,1H3. The lowest BCUT2D eigenvalue weighted by atomic mass is 10.0. The van der Waals surface area contributed by atoms with Gasteiger partial charge in [-0.3, -0.25) is 4.79 Å². The molecule has 2 aromatic carbocycles. The zero-order valence-electron chi connectivity index (χ0n) is 13.7. The van der Waals surface area contributed by atoms with Crippen molar-refractivity contribution in [2.75, 3.05) is 23.8 Å². The predicted molar refractivity (Wildman–Crippen MR) is 94.2 cm³/mol. The molecule has 1 unspecified atom stereocenters. The van der Waals surface area contributed by atoms with Crippen LogP contribution < -0.4 is 15.4 Å². The SMILES string of the molecule is CCc1ccc(CC2Oc3cc(N)ccc3N(CCO)C2=O)cc1. The van der Waals surface area contributed by atoms with Crippen LogP contribution in [-0.2, 0) is 17.6 Å². The van der Waals surface area contributed by atoms with Gasteiger partial charge in [0.1, 0.15) is 5.75 Å². The lowest BCUT2D eigenvalue weighted by molar-refractivity contribution is -0.126. The summed E-state index contributed by atoms with van der Waals surface area (Å²) in [5.41, 5.74) is 9.37. The number of nitrogen functional groups attached to an aromatic ring is 1. The second-order valence-electron chi connectivity index (χ2n) is 5.92. The number of aliphatic hydroxyl groups is 1. The first kappa shape index (κ1) is 16.3. The Labute approximate surface area is 141 Å². The van der Waals surface area contributed by atoms with Crippen molar-refractivity contribution >= 4 is 17.3 Å². The molecule has 0 spiro atoms. The molecule has 1 amide bonds. The van der Waals surface area contributed by atoms with Gasteiger partial charge in [-0.2, -0.15) is 0 Å². The Hall–Kier alpha value is -2.53. The predicted octanol–water partition coefficient (Wildman–Crippen LogP) is 2.16. The number of aliphatic hydroxyl groups excluding tert-OH is 1. The van der Waals surface area contributed by atoms with Gasteiger partial charge in [0.2, 0.25) is 0 Å². The molecule has 0 radical (unpaired) electrons. The van der Waals surface area contributed by atoms with E-state index in [0.717, 1.165) is 12.0 Å². The van der Waals surface area contributed by atoms with Crippen molar-refractivity contribution < 1.29 is 14.6 Å². The number of benzene rings is 2. The third-order valence-electron chi connectivity index (χ3n) is 4.26. The molecular weight excluding hydrogens is 304 g/mol. The van der Waals surface area contributed by atoms with Crippen LogP contribution in [0.2, 0.25) is 0 Å². The molecule has 0 saturated heterocycles. The molecule has 5 nitrogen and oxygen atoms in total. The largest absolute Gasteiger partial charge is 0.478 e. The molecule has 126 valence electrons. The first-order chi connectivity index (χ1) is 11.6. The maximum atomic E-state index is 12.7. The van der Waals surface area contributed by atoms with Gasteiger partial charge in [-0.05, 0) is 29.7 Å². The van der Waals surface area contributed by atoms with E-state index >= 15 is 0 Å². The average molecular weight is 326 g/mol. The highest BCUT2D eigenvalue weighted by molar-refractivity contribution is 6.00. The van der Waals surface area contributed by atoms with Crippen LogP contribution in [0, 0.1) is 0 Å². The maximum absolute atomic E-state index is 12.7. The molecule has 2 aromatic rings. The fourth-order valence-corrected chi connectivity index (χ4v) is 2.93. The summed E-state index contributed by atoms with van der Waals surface area (Å²) in [6, 6.07) is 13.4. The summed E-state index contributed by atoms with van der Waals surface area (Å²) < 4.78 is 5.91. The first-order valence-corrected chi connectivity index (χ1v) is 8.18. The number of amides is 1. The molecule has 1 atom stereocenters. The Morgan fingerprint density at radius 2 is 1.88 bits per heavy atom. The van der Waals surface area contributed by atoms with E-state index < -0.39 is 6.10 Å². The normalized spacial score (nSPS) is 16.7. The van der Waals surface area contributed by atoms with E-state index in [2.05, 4.69) is 19.1 Å². The van der Waals surface area contributed by atoms with Gasteiger partial charge < -0.3 is 20.5 Å². The molecule has 3 rings (SSSR count). The van der Waals surface area contributed by atoms with E-state index in [1.807, 2.05) is 12.1 Å². The molecule has 0 aromatic heterocycles. The number of hydrogen-bond acceptors (Lipinski definition) is 4. The van der Waals surface area contributed by atoms with Crippen molar-refractivity contribution in [2.45, 2.75) is 25.9 Å². The molecule has 3 N–H and O–H groups in total. The Balaban J connectivity index is 1.87. The molecular formula is C19H22N2O3. The Bertz CT molecular complexity index is 728. The molecule has 1 heterocycles. The fraction of sp³-hybridized carbons (Fsp3) is 0.316. The van der Waals surface area contributed by atoms with E-state index in [1.165, 1.54) is 5.56 Å². The zero-order valence-corrected chi connectivity index (χ0v) is 13.7. The van der Waals surface area contributed by atoms with Crippen molar-refractivity contribution in [1.82, 2.24) is 0 Å². The number of β-amino-alcohol motifs (C(OH)–C–C–N with tert-alkyl or cyclic N) is 1. The number of rotatable bonds is 5. The van der Waals surface area contributed by atoms with E-state index in [-0.39, 0.29) is 19.1 Å². The van der Waals surface area contributed by atoms with Gasteiger partial charge >= 0.3 is 0 Å². The Morgan fingerprint density at radius 3 is 2.54 bits per heavy atom. The van der Waals surface area contributed by atoms with Crippen LogP contribution in [0.4, 0.5) is 11.4 Å². The second kappa shape index (κ2) is 6.93. The lowest BCUT2D eigenvalue weighted by Crippen LogP contribution is -2.48. The monoisotopic (exact) mass is 326 g/mol. The highest BCUT2D eigenvalue weighted by Gasteiger charge is 2.34. The van der Waals surface area contributed by atoms with Crippen LogP contribution >= 0.6 is 0 Å². The van der Waals surface area contributed by atoms with E-state index in [1.54, 1.807) is 23.1 Å². The van der Waals surface area contributed by atoms with Crippen LogP contribution in [0.5, 0.6) is 5.75 Å². The number of anilines is 2. The third kappa shape index (κ3) is 3.21. The summed E-state index contributed by atoms with van der Waals surface area (Å²) in [5.74, 6) is 0.444. The summed E-state index contributed by atoms with van der Waals surface area (Å²) in [6.07, 6.45) is 0.855. The number of carbonyl (C=O) groups is 1. The molecule has 5 heteroatoms. The van der Waals surface area contributed by atoms with Gasteiger partial charge in [-0.25, -0.2) is 0 Å². The number of hydrogen-bond donors (Lipinski definition) is 2. The van der Waals surface area contributed by atoms with Crippen LogP contribution in [0.25, 0.3) is 0 Å².